The quantitative estimate of drug-likeness (QED) is 0.878. The van der Waals surface area contributed by atoms with E-state index in [2.05, 4.69) is 31.9 Å². The molecule has 0 amide bonds. The summed E-state index contributed by atoms with van der Waals surface area (Å²) < 4.78 is 1.08. The van der Waals surface area contributed by atoms with E-state index in [-0.39, 0.29) is 6.10 Å². The van der Waals surface area contributed by atoms with E-state index in [0.29, 0.717) is 6.54 Å². The van der Waals surface area contributed by atoms with Crippen molar-refractivity contribution in [3.8, 4) is 0 Å². The first kappa shape index (κ1) is 11.0. The Morgan fingerprint density at radius 1 is 1.29 bits per heavy atom. The first-order valence-electron chi connectivity index (χ1n) is 5.72. The number of fused-ring (bicyclic) bond motifs is 1. The maximum Gasteiger partial charge on any atom is 0.136 e. The summed E-state index contributed by atoms with van der Waals surface area (Å²) in [6, 6.07) is 8.14. The monoisotopic (exact) mass is 292 g/mol. The molecule has 1 aliphatic rings. The zero-order valence-corrected chi connectivity index (χ0v) is 10.9. The molecule has 4 heteroatoms. The Morgan fingerprint density at radius 2 is 2.18 bits per heavy atom. The van der Waals surface area contributed by atoms with Crippen LogP contribution in [0.5, 0.6) is 0 Å². The third-order valence-corrected chi connectivity index (χ3v) is 3.89. The lowest BCUT2D eigenvalue weighted by molar-refractivity contribution is 0.198. The highest BCUT2D eigenvalue weighted by Gasteiger charge is 2.22. The van der Waals surface area contributed by atoms with Crippen LogP contribution in [0.25, 0.3) is 10.8 Å². The van der Waals surface area contributed by atoms with Crippen molar-refractivity contribution in [1.82, 2.24) is 4.98 Å². The number of benzene rings is 1. The Kier molecular flexibility index (Phi) is 2.76. The minimum Gasteiger partial charge on any atom is -0.391 e. The largest absolute Gasteiger partial charge is 0.391 e. The average molecular weight is 293 g/mol. The molecule has 1 aromatic carbocycles. The fourth-order valence-corrected chi connectivity index (χ4v) is 2.84. The van der Waals surface area contributed by atoms with E-state index < -0.39 is 0 Å². The van der Waals surface area contributed by atoms with Crippen molar-refractivity contribution >= 4 is 32.5 Å². The normalized spacial score (nSPS) is 20.1. The van der Waals surface area contributed by atoms with Gasteiger partial charge < -0.3 is 10.0 Å². The van der Waals surface area contributed by atoms with Crippen molar-refractivity contribution in [3.63, 3.8) is 0 Å². The number of nitrogens with zero attached hydrogens (tertiary/aromatic N) is 2. The Morgan fingerprint density at radius 3 is 2.94 bits per heavy atom. The van der Waals surface area contributed by atoms with Gasteiger partial charge in [-0.25, -0.2) is 4.98 Å². The van der Waals surface area contributed by atoms with Gasteiger partial charge in [-0.3, -0.25) is 0 Å². The van der Waals surface area contributed by atoms with E-state index in [9.17, 15) is 5.11 Å². The molecule has 88 valence electrons. The summed E-state index contributed by atoms with van der Waals surface area (Å²) in [5, 5.41) is 11.9. The van der Waals surface area contributed by atoms with E-state index in [1.165, 1.54) is 5.39 Å². The maximum atomic E-state index is 9.61. The van der Waals surface area contributed by atoms with Gasteiger partial charge in [-0.2, -0.15) is 0 Å². The molecule has 0 bridgehead atoms. The first-order valence-corrected chi connectivity index (χ1v) is 6.51. The highest BCUT2D eigenvalue weighted by molar-refractivity contribution is 9.10. The van der Waals surface area contributed by atoms with Crippen LogP contribution in [0.2, 0.25) is 0 Å². The minimum absolute atomic E-state index is 0.223. The third kappa shape index (κ3) is 1.91. The van der Waals surface area contributed by atoms with Gasteiger partial charge in [0.15, 0.2) is 0 Å². The number of aliphatic hydroxyl groups is 1. The molecule has 0 saturated carbocycles. The predicted molar refractivity (Wildman–Crippen MR) is 72.3 cm³/mol. The van der Waals surface area contributed by atoms with Gasteiger partial charge in [-0.05, 0) is 18.6 Å². The van der Waals surface area contributed by atoms with Crippen LogP contribution in [0.4, 0.5) is 5.82 Å². The second kappa shape index (κ2) is 4.27. The zero-order valence-electron chi connectivity index (χ0n) is 9.31. The number of pyridine rings is 1. The van der Waals surface area contributed by atoms with Gasteiger partial charge in [-0.15, -0.1) is 0 Å². The standard InChI is InChI=1S/C13H13BrN2O/c14-12-3-1-2-11-10(12)4-6-15-13(11)16-7-5-9(17)8-16/h1-4,6,9,17H,5,7-8H2/t9-/m0/s1. The molecule has 1 N–H and O–H groups in total. The Bertz CT molecular complexity index is 558. The fraction of sp³-hybridized carbons (Fsp3) is 0.308. The summed E-state index contributed by atoms with van der Waals surface area (Å²) >= 11 is 3.56. The van der Waals surface area contributed by atoms with Crippen molar-refractivity contribution < 1.29 is 5.11 Å². The number of β-amino-alcohol motifs (C(OH)–C–C–N with tert-alkyl or cyclic N) is 1. The van der Waals surface area contributed by atoms with Gasteiger partial charge >= 0.3 is 0 Å². The van der Waals surface area contributed by atoms with Crippen LogP contribution in [0.1, 0.15) is 6.42 Å². The smallest absolute Gasteiger partial charge is 0.136 e. The van der Waals surface area contributed by atoms with Crippen LogP contribution in [-0.4, -0.2) is 29.3 Å². The van der Waals surface area contributed by atoms with Crippen LogP contribution in [0.15, 0.2) is 34.9 Å². The van der Waals surface area contributed by atoms with E-state index in [1.54, 1.807) is 0 Å². The van der Waals surface area contributed by atoms with Crippen molar-refractivity contribution in [2.45, 2.75) is 12.5 Å². The number of rotatable bonds is 1. The third-order valence-electron chi connectivity index (χ3n) is 3.19. The summed E-state index contributed by atoms with van der Waals surface area (Å²) in [6.07, 6.45) is 2.43. The number of hydrogen-bond donors (Lipinski definition) is 1. The van der Waals surface area contributed by atoms with Gasteiger partial charge in [0, 0.05) is 34.5 Å². The molecule has 3 rings (SSSR count). The van der Waals surface area contributed by atoms with E-state index in [0.717, 1.165) is 28.6 Å². The molecule has 2 heterocycles. The van der Waals surface area contributed by atoms with Crippen LogP contribution in [-0.2, 0) is 0 Å². The lowest BCUT2D eigenvalue weighted by Crippen LogP contribution is -2.22. The molecule has 0 aliphatic carbocycles. The van der Waals surface area contributed by atoms with E-state index in [4.69, 9.17) is 0 Å². The summed E-state index contributed by atoms with van der Waals surface area (Å²) in [7, 11) is 0. The van der Waals surface area contributed by atoms with Crippen molar-refractivity contribution in [3.05, 3.63) is 34.9 Å². The van der Waals surface area contributed by atoms with Gasteiger partial charge in [-0.1, -0.05) is 28.1 Å². The number of anilines is 1. The van der Waals surface area contributed by atoms with E-state index in [1.807, 2.05) is 24.4 Å². The van der Waals surface area contributed by atoms with Crippen LogP contribution < -0.4 is 4.90 Å². The molecule has 17 heavy (non-hydrogen) atoms. The SMILES string of the molecule is O[C@H]1CCN(c2nccc3c(Br)cccc23)C1. The molecule has 1 fully saturated rings. The highest BCUT2D eigenvalue weighted by atomic mass is 79.9. The molecule has 3 nitrogen and oxygen atoms in total. The number of aromatic nitrogens is 1. The molecule has 1 saturated heterocycles. The van der Waals surface area contributed by atoms with Crippen molar-refractivity contribution in [2.75, 3.05) is 18.0 Å². The van der Waals surface area contributed by atoms with E-state index >= 15 is 0 Å². The Balaban J connectivity index is 2.13. The van der Waals surface area contributed by atoms with Crippen LogP contribution >= 0.6 is 15.9 Å². The number of hydrogen-bond acceptors (Lipinski definition) is 3. The molecule has 1 aromatic heterocycles. The maximum absolute atomic E-state index is 9.61. The van der Waals surface area contributed by atoms with Gasteiger partial charge in [0.05, 0.1) is 6.10 Å². The van der Waals surface area contributed by atoms with Crippen molar-refractivity contribution in [1.29, 1.82) is 0 Å². The van der Waals surface area contributed by atoms with Gasteiger partial charge in [0.25, 0.3) is 0 Å². The zero-order chi connectivity index (χ0) is 11.8. The fourth-order valence-electron chi connectivity index (χ4n) is 2.34. The van der Waals surface area contributed by atoms with Crippen LogP contribution in [0.3, 0.4) is 0 Å². The molecule has 1 atom stereocenters. The lowest BCUT2D eigenvalue weighted by atomic mass is 10.1. The second-order valence-electron chi connectivity index (χ2n) is 4.36. The molecular weight excluding hydrogens is 280 g/mol. The molecule has 0 radical (unpaired) electrons. The number of aliphatic hydroxyl groups excluding tert-OH is 1. The van der Waals surface area contributed by atoms with Gasteiger partial charge in [0.1, 0.15) is 5.82 Å². The Hall–Kier alpha value is -1.13. The second-order valence-corrected chi connectivity index (χ2v) is 5.21. The number of halogens is 1. The first-order chi connectivity index (χ1) is 8.25. The predicted octanol–water partition coefficient (Wildman–Crippen LogP) is 2.57. The topological polar surface area (TPSA) is 36.4 Å². The minimum atomic E-state index is -0.223. The molecule has 0 spiro atoms. The highest BCUT2D eigenvalue weighted by Crippen LogP contribution is 2.31. The summed E-state index contributed by atoms with van der Waals surface area (Å²) in [4.78, 5) is 6.61. The average Bonchev–Trinajstić information content (AvgIpc) is 2.76. The Labute approximate surface area is 108 Å². The summed E-state index contributed by atoms with van der Waals surface area (Å²) in [5.41, 5.74) is 0. The molecule has 1 aliphatic heterocycles. The summed E-state index contributed by atoms with van der Waals surface area (Å²) in [5.74, 6) is 0.973. The summed E-state index contributed by atoms with van der Waals surface area (Å²) in [6.45, 7) is 1.55. The molecule has 2 aromatic rings. The molecular formula is C13H13BrN2O. The van der Waals surface area contributed by atoms with Crippen molar-refractivity contribution in [2.24, 2.45) is 0 Å². The lowest BCUT2D eigenvalue weighted by Gasteiger charge is -2.18. The molecule has 0 unspecified atom stereocenters. The van der Waals surface area contributed by atoms with Crippen LogP contribution in [0, 0.1) is 0 Å². The van der Waals surface area contributed by atoms with Gasteiger partial charge in [0.2, 0.25) is 0 Å².